The predicted molar refractivity (Wildman–Crippen MR) is 106 cm³/mol. The van der Waals surface area contributed by atoms with Gasteiger partial charge in [0.25, 0.3) is 0 Å². The van der Waals surface area contributed by atoms with Gasteiger partial charge in [0.1, 0.15) is 11.5 Å². The molecular formula is C21H30O2Si. The van der Waals surface area contributed by atoms with E-state index in [1.807, 2.05) is 19.1 Å². The van der Waals surface area contributed by atoms with Gasteiger partial charge in [-0.3, -0.25) is 0 Å². The minimum absolute atomic E-state index is 0.133. The molecule has 1 N–H and O–H groups in total. The fraction of sp³-hybridized carbons (Fsp3) is 0.429. The van der Waals surface area contributed by atoms with Crippen molar-refractivity contribution < 1.29 is 9.84 Å². The minimum Gasteiger partial charge on any atom is -0.507 e. The van der Waals surface area contributed by atoms with Crippen LogP contribution < -0.4 is 9.92 Å². The van der Waals surface area contributed by atoms with Gasteiger partial charge in [-0.2, -0.15) is 0 Å². The Morgan fingerprint density at radius 3 is 2.12 bits per heavy atom. The van der Waals surface area contributed by atoms with Gasteiger partial charge in [0.2, 0.25) is 0 Å². The van der Waals surface area contributed by atoms with E-state index in [9.17, 15) is 5.11 Å². The van der Waals surface area contributed by atoms with E-state index in [4.69, 9.17) is 4.74 Å². The van der Waals surface area contributed by atoms with E-state index < -0.39 is 8.07 Å². The lowest BCUT2D eigenvalue weighted by molar-refractivity contribution is 0.410. The van der Waals surface area contributed by atoms with Gasteiger partial charge in [0, 0.05) is 11.1 Å². The highest BCUT2D eigenvalue weighted by atomic mass is 28.3. The van der Waals surface area contributed by atoms with Crippen LogP contribution in [0.15, 0.2) is 30.3 Å². The maximum Gasteiger partial charge on any atom is 0.123 e. The van der Waals surface area contributed by atoms with Crippen LogP contribution in [0, 0.1) is 13.8 Å². The molecule has 130 valence electrons. The van der Waals surface area contributed by atoms with E-state index in [1.165, 1.54) is 0 Å². The summed E-state index contributed by atoms with van der Waals surface area (Å²) in [5, 5.41) is 12.4. The molecule has 0 atom stereocenters. The third-order valence-corrected chi connectivity index (χ3v) is 11.2. The summed E-state index contributed by atoms with van der Waals surface area (Å²) in [7, 11) is -0.203. The molecule has 0 aliphatic heterocycles. The molecule has 0 unspecified atom stereocenters. The van der Waals surface area contributed by atoms with Crippen molar-refractivity contribution in [2.45, 2.75) is 52.8 Å². The first-order valence-electron chi connectivity index (χ1n) is 8.49. The fourth-order valence-corrected chi connectivity index (χ4v) is 5.04. The maximum absolute atomic E-state index is 11.2. The summed E-state index contributed by atoms with van der Waals surface area (Å²) in [6, 6.07) is 10.3. The molecule has 0 bridgehead atoms. The first-order valence-corrected chi connectivity index (χ1v) is 11.5. The molecule has 0 fully saturated rings. The summed E-state index contributed by atoms with van der Waals surface area (Å²) in [5.74, 6) is 1.28. The highest BCUT2D eigenvalue weighted by molar-refractivity contribution is 6.92. The zero-order chi connectivity index (χ0) is 18.3. The zero-order valence-electron chi connectivity index (χ0n) is 16.2. The SMILES string of the molecule is COc1cc([Si](C)(C)C(C)(C)C)c(O)c(-c2ccccc2C)c1C. The van der Waals surface area contributed by atoms with Crippen molar-refractivity contribution in [3.05, 3.63) is 41.5 Å². The van der Waals surface area contributed by atoms with Crippen molar-refractivity contribution in [3.8, 4) is 22.6 Å². The lowest BCUT2D eigenvalue weighted by atomic mass is 9.95. The number of benzene rings is 2. The van der Waals surface area contributed by atoms with Crippen LogP contribution >= 0.6 is 0 Å². The summed E-state index contributed by atoms with van der Waals surface area (Å²) in [6.45, 7) is 15.5. The second-order valence-electron chi connectivity index (χ2n) is 8.16. The smallest absolute Gasteiger partial charge is 0.123 e. The minimum atomic E-state index is -1.91. The van der Waals surface area contributed by atoms with E-state index >= 15 is 0 Å². The van der Waals surface area contributed by atoms with Gasteiger partial charge < -0.3 is 9.84 Å². The van der Waals surface area contributed by atoms with Gasteiger partial charge in [0.15, 0.2) is 0 Å². The topological polar surface area (TPSA) is 29.5 Å². The standard InChI is InChI=1S/C21H30O2Si/c1-14-11-9-10-12-16(14)19-15(2)17(23-6)13-18(20(19)22)24(7,8)21(3,4)5/h9-13,22H,1-8H3. The second kappa shape index (κ2) is 6.28. The number of aryl methyl sites for hydroxylation is 1. The molecule has 0 saturated carbocycles. The van der Waals surface area contributed by atoms with Crippen LogP contribution in [0.4, 0.5) is 0 Å². The van der Waals surface area contributed by atoms with E-state index in [0.717, 1.165) is 33.2 Å². The molecular weight excluding hydrogens is 312 g/mol. The quantitative estimate of drug-likeness (QED) is 0.757. The molecule has 0 aliphatic carbocycles. The largest absolute Gasteiger partial charge is 0.507 e. The highest BCUT2D eigenvalue weighted by Crippen LogP contribution is 2.43. The number of hydrogen-bond acceptors (Lipinski definition) is 2. The second-order valence-corrected chi connectivity index (χ2v) is 13.5. The van der Waals surface area contributed by atoms with E-state index in [0.29, 0.717) is 5.75 Å². The molecule has 0 amide bonds. The highest BCUT2D eigenvalue weighted by Gasteiger charge is 2.40. The Labute approximate surface area is 147 Å². The normalized spacial score (nSPS) is 12.3. The molecule has 0 heterocycles. The fourth-order valence-electron chi connectivity index (χ4n) is 3.02. The Bertz CT molecular complexity index is 755. The Kier molecular flexibility index (Phi) is 4.87. The predicted octanol–water partition coefficient (Wildman–Crippen LogP) is 5.40. The van der Waals surface area contributed by atoms with Crippen LogP contribution in [0.5, 0.6) is 11.5 Å². The Balaban J connectivity index is 2.87. The Morgan fingerprint density at radius 1 is 1.04 bits per heavy atom. The average Bonchev–Trinajstić information content (AvgIpc) is 2.48. The summed E-state index contributed by atoms with van der Waals surface area (Å²) in [5.41, 5.74) is 4.13. The number of phenols is 1. The van der Waals surface area contributed by atoms with Gasteiger partial charge in [0.05, 0.1) is 15.2 Å². The maximum atomic E-state index is 11.2. The van der Waals surface area contributed by atoms with Gasteiger partial charge in [-0.05, 0) is 41.3 Å². The summed E-state index contributed by atoms with van der Waals surface area (Å²) in [4.78, 5) is 0. The van der Waals surface area contributed by atoms with Crippen molar-refractivity contribution in [2.75, 3.05) is 7.11 Å². The number of hydrogen-bond donors (Lipinski definition) is 1. The molecule has 3 heteroatoms. The zero-order valence-corrected chi connectivity index (χ0v) is 17.2. The molecule has 0 saturated heterocycles. The number of phenolic OH excluding ortho intramolecular Hbond substituents is 1. The number of aromatic hydroxyl groups is 1. The van der Waals surface area contributed by atoms with Crippen LogP contribution in [-0.2, 0) is 0 Å². The molecule has 0 aromatic heterocycles. The molecule has 2 nitrogen and oxygen atoms in total. The van der Waals surface area contributed by atoms with E-state index in [-0.39, 0.29) is 5.04 Å². The molecule has 0 spiro atoms. The van der Waals surface area contributed by atoms with Crippen molar-refractivity contribution in [1.29, 1.82) is 0 Å². The Morgan fingerprint density at radius 2 is 1.62 bits per heavy atom. The van der Waals surface area contributed by atoms with Gasteiger partial charge in [-0.1, -0.05) is 58.1 Å². The van der Waals surface area contributed by atoms with E-state index in [2.05, 4.69) is 59.0 Å². The van der Waals surface area contributed by atoms with Crippen LogP contribution in [0.3, 0.4) is 0 Å². The molecule has 2 aromatic rings. The first kappa shape index (κ1) is 18.6. The molecule has 0 radical (unpaired) electrons. The van der Waals surface area contributed by atoms with Crippen LogP contribution in [0.2, 0.25) is 18.1 Å². The van der Waals surface area contributed by atoms with E-state index in [1.54, 1.807) is 7.11 Å². The average molecular weight is 343 g/mol. The van der Waals surface area contributed by atoms with Crippen LogP contribution in [-0.4, -0.2) is 20.3 Å². The van der Waals surface area contributed by atoms with Gasteiger partial charge in [-0.25, -0.2) is 0 Å². The summed E-state index contributed by atoms with van der Waals surface area (Å²) >= 11 is 0. The van der Waals surface area contributed by atoms with Crippen molar-refractivity contribution in [1.82, 2.24) is 0 Å². The third-order valence-electron chi connectivity index (χ3n) is 5.69. The lowest BCUT2D eigenvalue weighted by Crippen LogP contribution is -2.49. The lowest BCUT2D eigenvalue weighted by Gasteiger charge is -2.38. The van der Waals surface area contributed by atoms with Gasteiger partial charge in [-0.15, -0.1) is 0 Å². The van der Waals surface area contributed by atoms with Crippen LogP contribution in [0.25, 0.3) is 11.1 Å². The molecule has 2 rings (SSSR count). The van der Waals surface area contributed by atoms with Crippen molar-refractivity contribution in [2.24, 2.45) is 0 Å². The molecule has 2 aromatic carbocycles. The molecule has 0 aliphatic rings. The summed E-state index contributed by atoms with van der Waals surface area (Å²) in [6.07, 6.45) is 0. The van der Waals surface area contributed by atoms with Gasteiger partial charge >= 0.3 is 0 Å². The van der Waals surface area contributed by atoms with Crippen LogP contribution in [0.1, 0.15) is 31.9 Å². The van der Waals surface area contributed by atoms with Crippen molar-refractivity contribution in [3.63, 3.8) is 0 Å². The monoisotopic (exact) mass is 342 g/mol. The first-order chi connectivity index (χ1) is 11.0. The summed E-state index contributed by atoms with van der Waals surface area (Å²) < 4.78 is 5.66. The van der Waals surface area contributed by atoms with Crippen molar-refractivity contribution >= 4 is 13.3 Å². The number of rotatable bonds is 3. The third kappa shape index (κ3) is 2.97. The number of methoxy groups -OCH3 is 1. The molecule has 24 heavy (non-hydrogen) atoms. The number of ether oxygens (including phenoxy) is 1. The Hall–Kier alpha value is -1.74.